The minimum absolute atomic E-state index is 1.10. The Morgan fingerprint density at radius 3 is 1.46 bits per heavy atom. The van der Waals surface area contributed by atoms with E-state index in [2.05, 4.69) is 28.1 Å². The average molecular weight is 388 g/mol. The Bertz CT molecular complexity index is 635. The molecule has 5 heteroatoms. The van der Waals surface area contributed by atoms with Crippen LogP contribution in [0.2, 0.25) is 0 Å². The predicted octanol–water partition coefficient (Wildman–Crippen LogP) is 6.51. The van der Waals surface area contributed by atoms with Crippen LogP contribution in [-0.2, 0) is 6.42 Å². The van der Waals surface area contributed by atoms with E-state index >= 15 is 0 Å². The van der Waals surface area contributed by atoms with Crippen LogP contribution in [0.4, 0.5) is 0 Å². The van der Waals surface area contributed by atoms with E-state index < -0.39 is 0 Å². The molecular formula is C21H29N3S2. The summed E-state index contributed by atoms with van der Waals surface area (Å²) in [6.45, 7) is 8.18. The highest BCUT2D eigenvalue weighted by Gasteiger charge is 1.86. The summed E-state index contributed by atoms with van der Waals surface area (Å²) in [6.07, 6.45) is 14.0. The van der Waals surface area contributed by atoms with Gasteiger partial charge in [-0.2, -0.15) is 0 Å². The van der Waals surface area contributed by atoms with Gasteiger partial charge < -0.3 is 0 Å². The average Bonchev–Trinajstić information content (AvgIpc) is 2.73. The molecule has 3 aromatic rings. The third-order valence-electron chi connectivity index (χ3n) is 2.83. The lowest BCUT2D eigenvalue weighted by molar-refractivity contribution is 1.12. The molecule has 0 aliphatic heterocycles. The quantitative estimate of drug-likeness (QED) is 0.479. The number of hydrogen-bond donors (Lipinski definition) is 0. The summed E-state index contributed by atoms with van der Waals surface area (Å²) in [5, 5.41) is 0. The fourth-order valence-electron chi connectivity index (χ4n) is 1.53. The lowest BCUT2D eigenvalue weighted by atomic mass is 10.2. The maximum absolute atomic E-state index is 3.91. The van der Waals surface area contributed by atoms with Crippen LogP contribution < -0.4 is 0 Å². The van der Waals surface area contributed by atoms with E-state index in [1.165, 1.54) is 16.0 Å². The van der Waals surface area contributed by atoms with Gasteiger partial charge in [-0.05, 0) is 67.1 Å². The number of hydrogen-bond acceptors (Lipinski definition) is 5. The lowest BCUT2D eigenvalue weighted by Crippen LogP contribution is -1.76. The van der Waals surface area contributed by atoms with Crippen LogP contribution in [0, 0.1) is 6.92 Å². The minimum atomic E-state index is 1.10. The first-order valence-electron chi connectivity index (χ1n) is 8.62. The van der Waals surface area contributed by atoms with E-state index in [-0.39, 0.29) is 0 Å². The number of aryl methyl sites for hydroxylation is 2. The van der Waals surface area contributed by atoms with Crippen molar-refractivity contribution < 1.29 is 0 Å². The van der Waals surface area contributed by atoms with E-state index in [1.54, 1.807) is 46.4 Å². The predicted molar refractivity (Wildman–Crippen MR) is 118 cm³/mol. The fraction of sp³-hybridized carbons (Fsp3) is 0.286. The Morgan fingerprint density at radius 1 is 0.731 bits per heavy atom. The molecule has 0 atom stereocenters. The van der Waals surface area contributed by atoms with Crippen molar-refractivity contribution in [2.45, 2.75) is 39.0 Å². The molecule has 0 fully saturated rings. The zero-order valence-electron chi connectivity index (χ0n) is 16.3. The largest absolute Gasteiger partial charge is 0.265 e. The van der Waals surface area contributed by atoms with Crippen LogP contribution in [0.25, 0.3) is 0 Å². The monoisotopic (exact) mass is 387 g/mol. The zero-order chi connectivity index (χ0) is 19.5. The van der Waals surface area contributed by atoms with E-state index in [9.17, 15) is 0 Å². The molecule has 0 bridgehead atoms. The molecule has 0 saturated heterocycles. The summed E-state index contributed by atoms with van der Waals surface area (Å²) in [6, 6.07) is 12.0. The van der Waals surface area contributed by atoms with Gasteiger partial charge in [-0.3, -0.25) is 15.0 Å². The van der Waals surface area contributed by atoms with Gasteiger partial charge in [-0.15, -0.1) is 0 Å². The molecule has 0 spiro atoms. The van der Waals surface area contributed by atoms with Gasteiger partial charge in [0.15, 0.2) is 0 Å². The second-order valence-corrected chi connectivity index (χ2v) is 7.14. The molecule has 0 N–H and O–H groups in total. The highest BCUT2D eigenvalue weighted by atomic mass is 33.1. The van der Waals surface area contributed by atoms with E-state index in [4.69, 9.17) is 0 Å². The van der Waals surface area contributed by atoms with Crippen molar-refractivity contribution in [3.63, 3.8) is 0 Å². The Labute approximate surface area is 166 Å². The van der Waals surface area contributed by atoms with E-state index in [0.717, 1.165) is 6.42 Å². The normalized spacial score (nSPS) is 8.65. The van der Waals surface area contributed by atoms with Crippen molar-refractivity contribution in [2.24, 2.45) is 0 Å². The fourth-order valence-corrected chi connectivity index (χ4v) is 2.87. The molecule has 3 aromatic heterocycles. The van der Waals surface area contributed by atoms with Crippen LogP contribution >= 0.6 is 21.6 Å². The van der Waals surface area contributed by atoms with Crippen LogP contribution in [0.5, 0.6) is 0 Å². The molecule has 0 aliphatic rings. The molecule has 0 saturated carbocycles. The first-order chi connectivity index (χ1) is 12.8. The van der Waals surface area contributed by atoms with Gasteiger partial charge in [0.2, 0.25) is 0 Å². The Hall–Kier alpha value is -1.85. The molecule has 3 heterocycles. The van der Waals surface area contributed by atoms with Crippen LogP contribution in [0.1, 0.15) is 31.9 Å². The van der Waals surface area contributed by atoms with Gasteiger partial charge in [-0.25, -0.2) is 0 Å². The van der Waals surface area contributed by atoms with Crippen LogP contribution in [-0.4, -0.2) is 21.2 Å². The van der Waals surface area contributed by atoms with Gasteiger partial charge >= 0.3 is 0 Å². The smallest absolute Gasteiger partial charge is 0.0279 e. The second kappa shape index (κ2) is 18.0. The first-order valence-corrected chi connectivity index (χ1v) is 11.2. The molecule has 0 aromatic carbocycles. The van der Waals surface area contributed by atoms with Crippen molar-refractivity contribution in [2.75, 3.05) is 6.26 Å². The molecule has 26 heavy (non-hydrogen) atoms. The first kappa shape index (κ1) is 24.1. The highest BCUT2D eigenvalue weighted by Crippen LogP contribution is 2.26. The molecule has 3 nitrogen and oxygen atoms in total. The third kappa shape index (κ3) is 13.4. The number of aromatic nitrogens is 3. The molecule has 0 unspecified atom stereocenters. The van der Waals surface area contributed by atoms with Crippen molar-refractivity contribution in [3.05, 3.63) is 84.7 Å². The summed E-state index contributed by atoms with van der Waals surface area (Å²) in [5.74, 6) is 0. The number of rotatable bonds is 3. The van der Waals surface area contributed by atoms with Crippen LogP contribution in [0.3, 0.4) is 0 Å². The summed E-state index contributed by atoms with van der Waals surface area (Å²) in [4.78, 5) is 12.9. The topological polar surface area (TPSA) is 38.7 Å². The van der Waals surface area contributed by atoms with Crippen molar-refractivity contribution in [3.8, 4) is 0 Å². The maximum Gasteiger partial charge on any atom is 0.0279 e. The van der Waals surface area contributed by atoms with Gasteiger partial charge in [0.1, 0.15) is 0 Å². The number of nitrogens with zero attached hydrogens (tertiary/aromatic N) is 3. The molecule has 3 rings (SSSR count). The summed E-state index contributed by atoms with van der Waals surface area (Å²) < 4.78 is 0. The lowest BCUT2D eigenvalue weighted by Gasteiger charge is -1.92. The van der Waals surface area contributed by atoms with E-state index in [1.807, 2.05) is 69.6 Å². The molecular weight excluding hydrogens is 358 g/mol. The van der Waals surface area contributed by atoms with Crippen LogP contribution in [0.15, 0.2) is 78.5 Å². The summed E-state index contributed by atoms with van der Waals surface area (Å²) in [5.41, 5.74) is 2.61. The zero-order valence-corrected chi connectivity index (χ0v) is 17.9. The minimum Gasteiger partial charge on any atom is -0.265 e. The standard InChI is InChI=1S/C7H9N.C6H7NS2.C6H7N.C2H6/c1-2-7-3-5-8-6-4-7;1-8-9-6-2-4-7-5-3-6;1-6-2-4-7-5-3-6;1-2/h3-6H,2H2,1H3;2-5H,1H3;2-5H,1H3;1-2H3. The molecule has 140 valence electrons. The summed E-state index contributed by atoms with van der Waals surface area (Å²) in [7, 11) is 3.50. The third-order valence-corrected chi connectivity index (χ3v) is 4.54. The SMILES string of the molecule is CC.CCc1ccncc1.CSSc1ccncc1.Cc1ccncc1. The molecule has 0 aliphatic carbocycles. The van der Waals surface area contributed by atoms with E-state index in [0.29, 0.717) is 0 Å². The van der Waals surface area contributed by atoms with Gasteiger partial charge in [0.25, 0.3) is 0 Å². The highest BCUT2D eigenvalue weighted by molar-refractivity contribution is 8.76. The Balaban J connectivity index is 0.000000346. The number of pyridine rings is 3. The van der Waals surface area contributed by atoms with Gasteiger partial charge in [0.05, 0.1) is 0 Å². The summed E-state index contributed by atoms with van der Waals surface area (Å²) >= 11 is 0. The Morgan fingerprint density at radius 2 is 1.15 bits per heavy atom. The molecule has 0 radical (unpaired) electrons. The van der Waals surface area contributed by atoms with Crippen molar-refractivity contribution >= 4 is 21.6 Å². The van der Waals surface area contributed by atoms with Gasteiger partial charge in [0, 0.05) is 42.1 Å². The molecule has 0 amide bonds. The Kier molecular flexibility index (Phi) is 16.7. The van der Waals surface area contributed by atoms with Crippen molar-refractivity contribution in [1.82, 2.24) is 15.0 Å². The van der Waals surface area contributed by atoms with Crippen molar-refractivity contribution in [1.29, 1.82) is 0 Å². The second-order valence-electron chi connectivity index (χ2n) is 4.67. The van der Waals surface area contributed by atoms with Gasteiger partial charge in [-0.1, -0.05) is 42.4 Å². The maximum atomic E-state index is 3.91.